The van der Waals surface area contributed by atoms with E-state index in [1.54, 1.807) is 0 Å². The van der Waals surface area contributed by atoms with Gasteiger partial charge in [-0.05, 0) is 30.8 Å². The molecule has 0 radical (unpaired) electrons. The maximum absolute atomic E-state index is 5.85. The van der Waals surface area contributed by atoms with Crippen LogP contribution in [0.4, 0.5) is 0 Å². The molecule has 84 valence electrons. The minimum atomic E-state index is 0.638. The van der Waals surface area contributed by atoms with E-state index in [9.17, 15) is 0 Å². The molecule has 2 aromatic rings. The second-order valence-electron chi connectivity index (χ2n) is 3.68. The number of aromatic nitrogens is 2. The van der Waals surface area contributed by atoms with E-state index < -0.39 is 0 Å². The van der Waals surface area contributed by atoms with Crippen LogP contribution in [0.5, 0.6) is 0 Å². The Hall–Kier alpha value is -1.32. The molecule has 0 unspecified atom stereocenters. The van der Waals surface area contributed by atoms with Crippen LogP contribution in [0.3, 0.4) is 0 Å². The lowest BCUT2D eigenvalue weighted by atomic mass is 10.2. The molecule has 0 aliphatic carbocycles. The average Bonchev–Trinajstić information content (AvgIpc) is 2.63. The number of hydrogen-bond donors (Lipinski definition) is 1. The van der Waals surface area contributed by atoms with Gasteiger partial charge in [0.15, 0.2) is 0 Å². The van der Waals surface area contributed by atoms with Crippen molar-refractivity contribution in [2.45, 2.75) is 6.42 Å². The fourth-order valence-electron chi connectivity index (χ4n) is 1.69. The van der Waals surface area contributed by atoms with Gasteiger partial charge >= 0.3 is 0 Å². The third-order valence-corrected chi connectivity index (χ3v) is 2.84. The Morgan fingerprint density at radius 3 is 2.62 bits per heavy atom. The number of benzene rings is 1. The zero-order chi connectivity index (χ0) is 11.5. The summed E-state index contributed by atoms with van der Waals surface area (Å²) in [4.78, 5) is 4.40. The monoisotopic (exact) mass is 235 g/mol. The first-order valence-corrected chi connectivity index (χ1v) is 5.57. The quantitative estimate of drug-likeness (QED) is 0.887. The number of nitrogens with zero attached hydrogens (tertiary/aromatic N) is 2. The van der Waals surface area contributed by atoms with Gasteiger partial charge in [-0.1, -0.05) is 11.6 Å². The van der Waals surface area contributed by atoms with Crippen molar-refractivity contribution in [2.24, 2.45) is 12.8 Å². The summed E-state index contributed by atoms with van der Waals surface area (Å²) < 4.78 is 2.07. The number of halogens is 1. The number of rotatable bonds is 3. The summed E-state index contributed by atoms with van der Waals surface area (Å²) in [5, 5.41) is 0.736. The summed E-state index contributed by atoms with van der Waals surface area (Å²) in [5.74, 6) is 0.945. The van der Waals surface area contributed by atoms with Gasteiger partial charge < -0.3 is 10.3 Å². The summed E-state index contributed by atoms with van der Waals surface area (Å²) in [6.07, 6.45) is 2.72. The van der Waals surface area contributed by atoms with E-state index in [2.05, 4.69) is 9.55 Å². The summed E-state index contributed by atoms with van der Waals surface area (Å²) >= 11 is 5.85. The Bertz CT molecular complexity index is 474. The third-order valence-electron chi connectivity index (χ3n) is 2.59. The lowest BCUT2D eigenvalue weighted by Gasteiger charge is -2.05. The molecule has 0 amide bonds. The molecule has 1 heterocycles. The van der Waals surface area contributed by atoms with Crippen LogP contribution in [0, 0.1) is 0 Å². The number of nitrogens with two attached hydrogens (primary N) is 1. The van der Waals surface area contributed by atoms with Crippen LogP contribution in [0.2, 0.25) is 5.02 Å². The van der Waals surface area contributed by atoms with Gasteiger partial charge in [-0.2, -0.15) is 0 Å². The normalized spacial score (nSPS) is 10.7. The van der Waals surface area contributed by atoms with E-state index >= 15 is 0 Å². The van der Waals surface area contributed by atoms with Gasteiger partial charge in [0.2, 0.25) is 0 Å². The molecular weight excluding hydrogens is 222 g/mol. The van der Waals surface area contributed by atoms with Crippen molar-refractivity contribution < 1.29 is 0 Å². The summed E-state index contributed by atoms with van der Waals surface area (Å²) in [6.45, 7) is 0.638. The van der Waals surface area contributed by atoms with Crippen LogP contribution >= 0.6 is 11.6 Å². The first-order chi connectivity index (χ1) is 7.72. The van der Waals surface area contributed by atoms with E-state index in [0.717, 1.165) is 28.5 Å². The van der Waals surface area contributed by atoms with E-state index in [1.165, 1.54) is 0 Å². The van der Waals surface area contributed by atoms with Crippen molar-refractivity contribution in [3.05, 3.63) is 41.2 Å². The molecule has 0 saturated carbocycles. The van der Waals surface area contributed by atoms with Gasteiger partial charge in [0.1, 0.15) is 5.82 Å². The predicted octanol–water partition coefficient (Wildman–Crippen LogP) is 2.24. The molecule has 0 spiro atoms. The fraction of sp³-hybridized carbons (Fsp3) is 0.250. The van der Waals surface area contributed by atoms with Gasteiger partial charge in [0, 0.05) is 35.9 Å². The summed E-state index contributed by atoms with van der Waals surface area (Å²) in [6, 6.07) is 7.68. The van der Waals surface area contributed by atoms with Crippen LogP contribution < -0.4 is 5.73 Å². The molecule has 2 rings (SSSR count). The van der Waals surface area contributed by atoms with Gasteiger partial charge in [0.05, 0.1) is 0 Å². The topological polar surface area (TPSA) is 43.8 Å². The Labute approximate surface area is 99.9 Å². The molecule has 4 heteroatoms. The smallest absolute Gasteiger partial charge is 0.139 e. The Morgan fingerprint density at radius 2 is 2.00 bits per heavy atom. The molecular formula is C12H14ClN3. The van der Waals surface area contributed by atoms with Gasteiger partial charge in [-0.25, -0.2) is 4.98 Å². The highest BCUT2D eigenvalue weighted by atomic mass is 35.5. The standard InChI is InChI=1S/C12H14ClN3/c1-16-11(6-7-14)8-15-12(16)9-2-4-10(13)5-3-9/h2-5,8H,6-7,14H2,1H3. The second kappa shape index (κ2) is 4.68. The largest absolute Gasteiger partial charge is 0.331 e. The first kappa shape index (κ1) is 11.2. The van der Waals surface area contributed by atoms with E-state index in [4.69, 9.17) is 17.3 Å². The second-order valence-corrected chi connectivity index (χ2v) is 4.11. The Kier molecular flexibility index (Phi) is 3.27. The molecule has 0 saturated heterocycles. The molecule has 2 N–H and O–H groups in total. The van der Waals surface area contributed by atoms with E-state index in [0.29, 0.717) is 6.54 Å². The molecule has 0 bridgehead atoms. The summed E-state index contributed by atoms with van der Waals surface area (Å²) in [7, 11) is 2.00. The molecule has 0 aliphatic rings. The van der Waals surface area contributed by atoms with Gasteiger partial charge in [-0.3, -0.25) is 0 Å². The maximum atomic E-state index is 5.85. The molecule has 0 aliphatic heterocycles. The lowest BCUT2D eigenvalue weighted by Crippen LogP contribution is -2.07. The SMILES string of the molecule is Cn1c(CCN)cnc1-c1ccc(Cl)cc1. The number of imidazole rings is 1. The minimum absolute atomic E-state index is 0.638. The van der Waals surface area contributed by atoms with Crippen LogP contribution in [-0.4, -0.2) is 16.1 Å². The van der Waals surface area contributed by atoms with Crippen LogP contribution in [0.1, 0.15) is 5.69 Å². The maximum Gasteiger partial charge on any atom is 0.139 e. The van der Waals surface area contributed by atoms with Crippen LogP contribution in [-0.2, 0) is 13.5 Å². The molecule has 0 fully saturated rings. The summed E-state index contributed by atoms with van der Waals surface area (Å²) in [5.41, 5.74) is 7.75. The molecule has 1 aromatic heterocycles. The van der Waals surface area contributed by atoms with Crippen molar-refractivity contribution in [1.82, 2.24) is 9.55 Å². The van der Waals surface area contributed by atoms with Crippen LogP contribution in [0.15, 0.2) is 30.5 Å². The van der Waals surface area contributed by atoms with Crippen LogP contribution in [0.25, 0.3) is 11.4 Å². The molecule has 16 heavy (non-hydrogen) atoms. The molecule has 1 aromatic carbocycles. The number of hydrogen-bond acceptors (Lipinski definition) is 2. The minimum Gasteiger partial charge on any atom is -0.331 e. The van der Waals surface area contributed by atoms with Crippen molar-refractivity contribution >= 4 is 11.6 Å². The van der Waals surface area contributed by atoms with E-state index in [1.807, 2.05) is 37.5 Å². The Morgan fingerprint density at radius 1 is 1.31 bits per heavy atom. The lowest BCUT2D eigenvalue weighted by molar-refractivity contribution is 0.811. The molecule has 3 nitrogen and oxygen atoms in total. The molecule has 0 atom stereocenters. The zero-order valence-electron chi connectivity index (χ0n) is 9.15. The predicted molar refractivity (Wildman–Crippen MR) is 66.4 cm³/mol. The van der Waals surface area contributed by atoms with Crippen molar-refractivity contribution in [2.75, 3.05) is 6.54 Å². The highest BCUT2D eigenvalue weighted by Gasteiger charge is 2.07. The fourth-order valence-corrected chi connectivity index (χ4v) is 1.82. The highest BCUT2D eigenvalue weighted by Crippen LogP contribution is 2.20. The Balaban J connectivity index is 2.37. The van der Waals surface area contributed by atoms with Crippen molar-refractivity contribution in [1.29, 1.82) is 0 Å². The zero-order valence-corrected chi connectivity index (χ0v) is 9.91. The van der Waals surface area contributed by atoms with Crippen molar-refractivity contribution in [3.8, 4) is 11.4 Å². The van der Waals surface area contributed by atoms with E-state index in [-0.39, 0.29) is 0 Å². The first-order valence-electron chi connectivity index (χ1n) is 5.19. The third kappa shape index (κ3) is 2.10. The van der Waals surface area contributed by atoms with Gasteiger partial charge in [0.25, 0.3) is 0 Å². The van der Waals surface area contributed by atoms with Gasteiger partial charge in [-0.15, -0.1) is 0 Å². The average molecular weight is 236 g/mol. The van der Waals surface area contributed by atoms with Crippen molar-refractivity contribution in [3.63, 3.8) is 0 Å². The highest BCUT2D eigenvalue weighted by molar-refractivity contribution is 6.30.